The van der Waals surface area contributed by atoms with Crippen molar-refractivity contribution in [1.29, 1.82) is 0 Å². The first kappa shape index (κ1) is 37.1. The number of fused-ring (bicyclic) bond motifs is 5. The van der Waals surface area contributed by atoms with E-state index < -0.39 is 0 Å². The Kier molecular flexibility index (Phi) is 11.9. The van der Waals surface area contributed by atoms with Gasteiger partial charge in [-0.2, -0.15) is 5.10 Å². The van der Waals surface area contributed by atoms with Crippen LogP contribution in [0.5, 0.6) is 0 Å². The lowest BCUT2D eigenvalue weighted by atomic mass is 9.99. The van der Waals surface area contributed by atoms with Gasteiger partial charge in [-0.3, -0.25) is 18.1 Å². The van der Waals surface area contributed by atoms with Crippen LogP contribution in [0.3, 0.4) is 0 Å². The van der Waals surface area contributed by atoms with Crippen molar-refractivity contribution in [3.8, 4) is 0 Å². The average molecular weight is 802 g/mol. The van der Waals surface area contributed by atoms with Gasteiger partial charge in [-0.25, -0.2) is 33.2 Å². The molecule has 2 aliphatic rings. The van der Waals surface area contributed by atoms with Crippen LogP contribution in [-0.4, -0.2) is 77.9 Å². The Balaban J connectivity index is 0.000000153. The smallest absolute Gasteiger partial charge is 0.350 e. The predicted molar refractivity (Wildman–Crippen MR) is 205 cm³/mol. The van der Waals surface area contributed by atoms with Gasteiger partial charge in [0.05, 0.1) is 12.7 Å². The Labute approximate surface area is 317 Å². The van der Waals surface area contributed by atoms with Gasteiger partial charge >= 0.3 is 17.1 Å². The van der Waals surface area contributed by atoms with Crippen LogP contribution in [-0.2, 0) is 24.4 Å². The number of H-pyrrole nitrogens is 1. The normalized spacial score (nSPS) is 18.1. The third-order valence-electron chi connectivity index (χ3n) is 9.86. The van der Waals surface area contributed by atoms with Gasteiger partial charge in [0.2, 0.25) is 0 Å². The topological polar surface area (TPSA) is 141 Å². The van der Waals surface area contributed by atoms with Crippen molar-refractivity contribution in [2.24, 2.45) is 0 Å². The lowest BCUT2D eigenvalue weighted by Gasteiger charge is -2.38. The number of aromatic amines is 1. The van der Waals surface area contributed by atoms with Gasteiger partial charge in [0.25, 0.3) is 0 Å². The molecular weight excluding hydrogens is 759 g/mol. The molecule has 2 saturated heterocycles. The molecule has 2 aliphatic heterocycles. The number of halogens is 2. The molecule has 54 heavy (non-hydrogen) atoms. The first-order chi connectivity index (χ1) is 26.4. The third kappa shape index (κ3) is 8.45. The van der Waals surface area contributed by atoms with Crippen molar-refractivity contribution in [3.63, 3.8) is 0 Å². The van der Waals surface area contributed by atoms with Crippen molar-refractivity contribution in [2.45, 2.75) is 76.4 Å². The number of benzene rings is 1. The maximum absolute atomic E-state index is 13.8. The van der Waals surface area contributed by atoms with Crippen LogP contribution in [0, 0.1) is 5.82 Å². The van der Waals surface area contributed by atoms with Crippen molar-refractivity contribution in [3.05, 3.63) is 140 Å². The van der Waals surface area contributed by atoms with E-state index in [1.54, 1.807) is 56.3 Å². The Morgan fingerprint density at radius 2 is 1.26 bits per heavy atom. The molecule has 0 saturated carbocycles. The molecule has 2 fully saturated rings. The molecule has 2 unspecified atom stereocenters. The number of nitrogens with one attached hydrogen (secondary N) is 1. The van der Waals surface area contributed by atoms with Crippen LogP contribution >= 0.6 is 15.9 Å². The summed E-state index contributed by atoms with van der Waals surface area (Å²) >= 11 is 3.33. The Bertz CT molecular complexity index is 2470. The van der Waals surface area contributed by atoms with Crippen LogP contribution in [0.2, 0.25) is 0 Å². The lowest BCUT2D eigenvalue weighted by Crippen LogP contribution is -2.46. The molecule has 0 aliphatic carbocycles. The predicted octanol–water partition coefficient (Wildman–Crippen LogP) is 4.54. The summed E-state index contributed by atoms with van der Waals surface area (Å²) in [5.74, 6) is -0.194. The molecule has 282 valence electrons. The highest BCUT2D eigenvalue weighted by Gasteiger charge is 2.40. The molecule has 6 aromatic heterocycles. The fraction of sp³-hybridized carbons (Fsp3) is 0.368. The molecule has 8 heterocycles. The van der Waals surface area contributed by atoms with Crippen LogP contribution in [0.1, 0.15) is 44.1 Å². The molecule has 14 nitrogen and oxygen atoms in total. The molecule has 2 atom stereocenters. The highest BCUT2D eigenvalue weighted by molar-refractivity contribution is 9.09. The van der Waals surface area contributed by atoms with Crippen LogP contribution in [0.15, 0.2) is 112 Å². The highest BCUT2D eigenvalue weighted by Crippen LogP contribution is 2.37. The first-order valence-electron chi connectivity index (χ1n) is 18.2. The zero-order valence-corrected chi connectivity index (χ0v) is 31.2. The van der Waals surface area contributed by atoms with E-state index in [-0.39, 0.29) is 29.0 Å². The van der Waals surface area contributed by atoms with E-state index in [1.807, 2.05) is 48.5 Å². The maximum Gasteiger partial charge on any atom is 0.350 e. The number of hydrogen-bond acceptors (Lipinski definition) is 8. The van der Waals surface area contributed by atoms with Gasteiger partial charge in [0, 0.05) is 61.2 Å². The third-order valence-corrected chi connectivity index (χ3v) is 10.4. The standard InChI is InChI=1S/C23H27FN4O2.C9H10BrN3O.C6H5N3O/c24-21-7-2-1-6-17(21)16-30-20-14-18-9-10-19(15-20)26(18)12-5-13-28-23(29)27-11-4-3-8-22(27)25-28;10-5-3-7-13-9(14)12-6-2-1-4-8(12)11-13;10-6-8-7-5-3-1-2-4-9(5)6/h1-4,6-8,11,18-20H,5,9-10,12-16H2;1-2,4,6H,3,5,7H2;1-4H,(H,8,10). The van der Waals surface area contributed by atoms with Gasteiger partial charge < -0.3 is 4.74 Å². The Morgan fingerprint density at radius 3 is 1.83 bits per heavy atom. The molecular formula is C38H42BrFN10O4. The van der Waals surface area contributed by atoms with Crippen molar-refractivity contribution >= 4 is 32.9 Å². The first-order valence-corrected chi connectivity index (χ1v) is 19.3. The summed E-state index contributed by atoms with van der Waals surface area (Å²) in [6, 6.07) is 24.4. The fourth-order valence-electron chi connectivity index (χ4n) is 7.24. The van der Waals surface area contributed by atoms with E-state index in [1.165, 1.54) is 28.0 Å². The summed E-state index contributed by atoms with van der Waals surface area (Å²) in [5.41, 5.74) is 2.33. The lowest BCUT2D eigenvalue weighted by molar-refractivity contribution is -0.0293. The summed E-state index contributed by atoms with van der Waals surface area (Å²) < 4.78 is 27.6. The summed E-state index contributed by atoms with van der Waals surface area (Å²) in [6.07, 6.45) is 11.5. The van der Waals surface area contributed by atoms with E-state index in [0.29, 0.717) is 54.3 Å². The van der Waals surface area contributed by atoms with Crippen LogP contribution < -0.4 is 17.1 Å². The van der Waals surface area contributed by atoms with Crippen LogP contribution in [0.25, 0.3) is 16.9 Å². The number of rotatable bonds is 10. The number of pyridine rings is 3. The monoisotopic (exact) mass is 800 g/mol. The zero-order chi connectivity index (χ0) is 37.4. The second kappa shape index (κ2) is 17.3. The minimum Gasteiger partial charge on any atom is -0.373 e. The number of aryl methyl sites for hydroxylation is 2. The van der Waals surface area contributed by atoms with Gasteiger partial charge in [-0.15, -0.1) is 10.2 Å². The Morgan fingerprint density at radius 1 is 0.704 bits per heavy atom. The maximum atomic E-state index is 13.8. The largest absolute Gasteiger partial charge is 0.373 e. The van der Waals surface area contributed by atoms with E-state index >= 15 is 0 Å². The van der Waals surface area contributed by atoms with Crippen LogP contribution in [0.4, 0.5) is 4.39 Å². The SMILES string of the molecule is O=c1[nH]nc2ccccn12.O=c1n(CCCBr)nc2ccccn12.O=c1n(CCCN2C3CCC2CC(OCc2ccccc2F)C3)nc2ccccn12. The molecule has 9 rings (SSSR count). The van der Waals surface area contributed by atoms with Gasteiger partial charge in [0.15, 0.2) is 16.9 Å². The van der Waals surface area contributed by atoms with Gasteiger partial charge in [-0.1, -0.05) is 52.3 Å². The average Bonchev–Trinajstić information content (AvgIpc) is 3.91. The van der Waals surface area contributed by atoms with Gasteiger partial charge in [-0.05, 0) is 81.0 Å². The number of aromatic nitrogens is 9. The van der Waals surface area contributed by atoms with E-state index in [4.69, 9.17) is 4.74 Å². The van der Waals surface area contributed by atoms with Crippen molar-refractivity contribution in [2.75, 3.05) is 11.9 Å². The molecule has 1 aromatic carbocycles. The van der Waals surface area contributed by atoms with Crippen molar-refractivity contribution < 1.29 is 9.13 Å². The quantitative estimate of drug-likeness (QED) is 0.199. The summed E-state index contributed by atoms with van der Waals surface area (Å²) in [6.45, 7) is 2.60. The Hall–Kier alpha value is -5.19. The number of piperidine rings is 1. The number of nitrogens with zero attached hydrogens (tertiary/aromatic N) is 9. The number of alkyl halides is 1. The minimum absolute atomic E-state index is 0.0680. The molecule has 7 aromatic rings. The molecule has 0 amide bonds. The van der Waals surface area contributed by atoms with Gasteiger partial charge in [0.1, 0.15) is 5.82 Å². The second-order valence-corrected chi connectivity index (χ2v) is 14.1. The molecule has 2 bridgehead atoms. The summed E-state index contributed by atoms with van der Waals surface area (Å²) in [7, 11) is 0. The molecule has 0 radical (unpaired) electrons. The molecule has 1 N–H and O–H groups in total. The fourth-order valence-corrected chi connectivity index (χ4v) is 7.50. The number of ether oxygens (including phenoxy) is 1. The van der Waals surface area contributed by atoms with E-state index in [9.17, 15) is 18.8 Å². The van der Waals surface area contributed by atoms with E-state index in [0.717, 1.165) is 37.6 Å². The molecule has 0 spiro atoms. The molecule has 16 heteroatoms. The highest BCUT2D eigenvalue weighted by atomic mass is 79.9. The van der Waals surface area contributed by atoms with Crippen molar-refractivity contribution in [1.82, 2.24) is 47.9 Å². The second-order valence-electron chi connectivity index (χ2n) is 13.3. The van der Waals surface area contributed by atoms with E-state index in [2.05, 4.69) is 41.2 Å². The summed E-state index contributed by atoms with van der Waals surface area (Å²) in [5, 5.41) is 15.6. The number of hydrogen-bond donors (Lipinski definition) is 1. The zero-order valence-electron chi connectivity index (χ0n) is 29.7. The minimum atomic E-state index is -0.199. The summed E-state index contributed by atoms with van der Waals surface area (Å²) in [4.78, 5) is 37.5.